The number of nitrogens with zero attached hydrogens (tertiary/aromatic N) is 5. The summed E-state index contributed by atoms with van der Waals surface area (Å²) in [7, 11) is 0. The van der Waals surface area contributed by atoms with Crippen LogP contribution in [0.5, 0.6) is 0 Å². The van der Waals surface area contributed by atoms with E-state index in [4.69, 9.17) is 9.47 Å². The van der Waals surface area contributed by atoms with Crippen LogP contribution in [0.1, 0.15) is 82.7 Å². The lowest BCUT2D eigenvalue weighted by Crippen LogP contribution is -2.33. The van der Waals surface area contributed by atoms with Crippen molar-refractivity contribution >= 4 is 11.9 Å². The molecule has 11 nitrogen and oxygen atoms in total. The molecule has 1 atom stereocenters. The Hall–Kier alpha value is -4.54. The van der Waals surface area contributed by atoms with Gasteiger partial charge < -0.3 is 9.47 Å². The number of nitrogens with one attached hydrogen (secondary N) is 1. The van der Waals surface area contributed by atoms with Gasteiger partial charge in [0, 0.05) is 29.8 Å². The third kappa shape index (κ3) is 6.82. The van der Waals surface area contributed by atoms with Crippen molar-refractivity contribution in [2.24, 2.45) is 5.41 Å². The van der Waals surface area contributed by atoms with Crippen LogP contribution in [-0.2, 0) is 38.4 Å². The molecule has 4 aromatic rings. The molecule has 0 aliphatic carbocycles. The van der Waals surface area contributed by atoms with Gasteiger partial charge in [0.1, 0.15) is 0 Å². The minimum Gasteiger partial charge on any atom is -0.428 e. The molecule has 5 rings (SSSR count). The Kier molecular flexibility index (Phi) is 9.41. The first-order valence-corrected chi connectivity index (χ1v) is 15.3. The first kappa shape index (κ1) is 30.9. The Balaban J connectivity index is 1.36. The first-order valence-electron chi connectivity index (χ1n) is 15.3. The highest BCUT2D eigenvalue weighted by atomic mass is 16.7. The number of hydrogen-bond acceptors (Lipinski definition) is 8. The van der Waals surface area contributed by atoms with Crippen LogP contribution in [0.15, 0.2) is 53.3 Å². The van der Waals surface area contributed by atoms with Gasteiger partial charge in [-0.25, -0.2) is 4.68 Å². The number of unbranched alkanes of at least 4 members (excludes halogenated alkanes) is 1. The van der Waals surface area contributed by atoms with E-state index < -0.39 is 24.1 Å². The average Bonchev–Trinajstić information content (AvgIpc) is 3.64. The molecular weight excluding hydrogens is 560 g/mol. The summed E-state index contributed by atoms with van der Waals surface area (Å²) >= 11 is 0. The van der Waals surface area contributed by atoms with Crippen molar-refractivity contribution in [3.63, 3.8) is 0 Å². The molecule has 1 N–H and O–H groups in total. The summed E-state index contributed by atoms with van der Waals surface area (Å²) in [5.41, 5.74) is 5.00. The monoisotopic (exact) mass is 600 g/mol. The third-order valence-electron chi connectivity index (χ3n) is 7.98. The highest BCUT2D eigenvalue weighted by Gasteiger charge is 2.30. The van der Waals surface area contributed by atoms with Gasteiger partial charge in [-0.2, -0.15) is 5.21 Å². The van der Waals surface area contributed by atoms with E-state index in [0.29, 0.717) is 18.8 Å². The largest absolute Gasteiger partial charge is 0.428 e. The zero-order valence-corrected chi connectivity index (χ0v) is 25.8. The van der Waals surface area contributed by atoms with E-state index in [1.807, 2.05) is 24.3 Å². The second-order valence-corrected chi connectivity index (χ2v) is 12.3. The zero-order valence-electron chi connectivity index (χ0n) is 25.8. The summed E-state index contributed by atoms with van der Waals surface area (Å²) in [6.45, 7) is 7.55. The number of aromatic amines is 1. The van der Waals surface area contributed by atoms with Crippen LogP contribution in [0.2, 0.25) is 0 Å². The molecule has 0 saturated carbocycles. The maximum atomic E-state index is 13.8. The summed E-state index contributed by atoms with van der Waals surface area (Å²) in [4.78, 5) is 38.6. The minimum absolute atomic E-state index is 0.000179. The molecule has 3 heterocycles. The van der Waals surface area contributed by atoms with E-state index in [0.717, 1.165) is 65.6 Å². The van der Waals surface area contributed by atoms with Crippen molar-refractivity contribution in [1.82, 2.24) is 30.0 Å². The topological polar surface area (TPSA) is 134 Å². The standard InChI is InChI=1S/C33H40N6O5/c1-5-6-13-28-27(19-22-14-16-23(17-15-22)25-11-7-8-12-26(25)30-34-36-37-35-30)31(41)38-18-9-10-24(39(28)38)20-29(40)43-21-44-32(42)33(2,3)4/h7-8,11-12,14-17,24H,5-6,9-10,13,18-21H2,1-4H3,(H,34,35,36,37). The number of hydrogen-bond donors (Lipinski definition) is 1. The van der Waals surface area contributed by atoms with Crippen molar-refractivity contribution in [2.45, 2.75) is 85.2 Å². The lowest BCUT2D eigenvalue weighted by Gasteiger charge is -2.28. The summed E-state index contributed by atoms with van der Waals surface area (Å²) in [5, 5.41) is 14.5. The quantitative estimate of drug-likeness (QED) is 0.182. The number of benzene rings is 2. The van der Waals surface area contributed by atoms with Gasteiger partial charge >= 0.3 is 11.9 Å². The number of fused-ring (bicyclic) bond motifs is 1. The average molecular weight is 601 g/mol. The minimum atomic E-state index is -0.679. The highest BCUT2D eigenvalue weighted by molar-refractivity contribution is 5.80. The predicted octanol–water partition coefficient (Wildman–Crippen LogP) is 5.25. The number of aromatic nitrogens is 6. The van der Waals surface area contributed by atoms with E-state index in [9.17, 15) is 14.4 Å². The second kappa shape index (κ2) is 13.4. The summed E-state index contributed by atoms with van der Waals surface area (Å²) < 4.78 is 14.2. The molecule has 0 spiro atoms. The maximum absolute atomic E-state index is 13.8. The molecule has 232 valence electrons. The third-order valence-corrected chi connectivity index (χ3v) is 7.98. The first-order chi connectivity index (χ1) is 21.2. The molecule has 1 aliphatic heterocycles. The Bertz CT molecular complexity index is 1650. The number of ether oxygens (including phenoxy) is 2. The van der Waals surface area contributed by atoms with Gasteiger partial charge in [-0.1, -0.05) is 61.9 Å². The van der Waals surface area contributed by atoms with Gasteiger partial charge in [-0.15, -0.1) is 10.2 Å². The second-order valence-electron chi connectivity index (χ2n) is 12.3. The normalized spacial score (nSPS) is 14.7. The molecule has 2 aromatic carbocycles. The molecule has 0 fully saturated rings. The molecule has 1 aliphatic rings. The summed E-state index contributed by atoms with van der Waals surface area (Å²) in [6, 6.07) is 15.9. The van der Waals surface area contributed by atoms with Crippen LogP contribution in [0, 0.1) is 5.41 Å². The van der Waals surface area contributed by atoms with Gasteiger partial charge in [0.2, 0.25) is 12.6 Å². The molecule has 11 heteroatoms. The Morgan fingerprint density at radius 1 is 1.05 bits per heavy atom. The Morgan fingerprint density at radius 2 is 1.80 bits per heavy atom. The van der Waals surface area contributed by atoms with E-state index in [1.54, 1.807) is 25.5 Å². The number of rotatable bonds is 11. The molecule has 1 unspecified atom stereocenters. The highest BCUT2D eigenvalue weighted by Crippen LogP contribution is 2.31. The van der Waals surface area contributed by atoms with Crippen LogP contribution in [0.25, 0.3) is 22.5 Å². The molecule has 0 amide bonds. The molecule has 2 aromatic heterocycles. The van der Waals surface area contributed by atoms with Crippen LogP contribution in [-0.4, -0.2) is 48.7 Å². The number of tetrazole rings is 1. The molecule has 0 radical (unpaired) electrons. The summed E-state index contributed by atoms with van der Waals surface area (Å²) in [6.07, 6.45) is 4.83. The van der Waals surface area contributed by atoms with Crippen LogP contribution in [0.4, 0.5) is 0 Å². The van der Waals surface area contributed by atoms with E-state index in [-0.39, 0.29) is 18.0 Å². The van der Waals surface area contributed by atoms with Crippen molar-refractivity contribution in [3.8, 4) is 22.5 Å². The fraction of sp³-hybridized carbons (Fsp3) is 0.455. The van der Waals surface area contributed by atoms with E-state index in [2.05, 4.69) is 56.5 Å². The van der Waals surface area contributed by atoms with Crippen molar-refractivity contribution in [3.05, 3.63) is 75.7 Å². The lowest BCUT2D eigenvalue weighted by molar-refractivity contribution is -0.173. The Morgan fingerprint density at radius 3 is 2.48 bits per heavy atom. The summed E-state index contributed by atoms with van der Waals surface area (Å²) in [5.74, 6) is -0.356. The van der Waals surface area contributed by atoms with Crippen LogP contribution >= 0.6 is 0 Å². The van der Waals surface area contributed by atoms with E-state index >= 15 is 0 Å². The van der Waals surface area contributed by atoms with Crippen molar-refractivity contribution in [2.75, 3.05) is 6.79 Å². The number of carbonyl (C=O) groups excluding carboxylic acids is 2. The maximum Gasteiger partial charge on any atom is 0.314 e. The lowest BCUT2D eigenvalue weighted by atomic mass is 9.96. The number of esters is 2. The zero-order chi connectivity index (χ0) is 31.3. The smallest absolute Gasteiger partial charge is 0.314 e. The fourth-order valence-electron chi connectivity index (χ4n) is 5.69. The van der Waals surface area contributed by atoms with Gasteiger partial charge in [0.15, 0.2) is 0 Å². The van der Waals surface area contributed by atoms with Gasteiger partial charge in [0.25, 0.3) is 5.56 Å². The van der Waals surface area contributed by atoms with Gasteiger partial charge in [-0.3, -0.25) is 19.1 Å². The van der Waals surface area contributed by atoms with Crippen molar-refractivity contribution < 1.29 is 19.1 Å². The van der Waals surface area contributed by atoms with Gasteiger partial charge in [-0.05, 0) is 68.4 Å². The van der Waals surface area contributed by atoms with Crippen LogP contribution < -0.4 is 5.56 Å². The molecule has 0 bridgehead atoms. The predicted molar refractivity (Wildman–Crippen MR) is 165 cm³/mol. The van der Waals surface area contributed by atoms with Gasteiger partial charge in [0.05, 0.1) is 17.9 Å². The number of carbonyl (C=O) groups is 2. The molecule has 44 heavy (non-hydrogen) atoms. The number of H-pyrrole nitrogens is 1. The van der Waals surface area contributed by atoms with Crippen LogP contribution in [0.3, 0.4) is 0 Å². The molecular formula is C33H40N6O5. The van der Waals surface area contributed by atoms with E-state index in [1.165, 1.54) is 0 Å². The SMILES string of the molecule is CCCCc1c(Cc2ccc(-c3ccccc3-c3nn[nH]n3)cc2)c(=O)n2n1C(CC(=O)OCOC(=O)C(C)(C)C)CCC2. The van der Waals surface area contributed by atoms with Crippen molar-refractivity contribution in [1.29, 1.82) is 0 Å². The molecule has 0 saturated heterocycles. The Labute approximate surface area is 256 Å². The fourth-order valence-corrected chi connectivity index (χ4v) is 5.69.